The number of rotatable bonds is 5. The number of fused-ring (bicyclic) bond motifs is 2. The first kappa shape index (κ1) is 16.8. The summed E-state index contributed by atoms with van der Waals surface area (Å²) in [6.45, 7) is 9.74. The number of hydrogen-bond donors (Lipinski definition) is 1. The molecule has 2 N–H and O–H groups in total. The highest BCUT2D eigenvalue weighted by Gasteiger charge is 2.72. The lowest BCUT2D eigenvalue weighted by atomic mass is 9.58. The van der Waals surface area contributed by atoms with Gasteiger partial charge in [0.15, 0.2) is 0 Å². The fourth-order valence-corrected chi connectivity index (χ4v) is 5.57. The Morgan fingerprint density at radius 1 is 1.38 bits per heavy atom. The molecule has 0 aliphatic heterocycles. The molecule has 0 aromatic heterocycles. The second-order valence-electron chi connectivity index (χ2n) is 7.85. The summed E-state index contributed by atoms with van der Waals surface area (Å²) in [7, 11) is 4.20. The van der Waals surface area contributed by atoms with E-state index in [9.17, 15) is 4.79 Å². The average molecular weight is 296 g/mol. The van der Waals surface area contributed by atoms with Gasteiger partial charge in [-0.15, -0.1) is 0 Å². The molecular weight excluding hydrogens is 264 g/mol. The summed E-state index contributed by atoms with van der Waals surface area (Å²) in [6, 6.07) is 0. The SMILES string of the molecule is CCOC(=O)[C@@H](CN)[C@]1(N(C)C)C[C@@H]2CC[C@]1(C)C2(C)C. The topological polar surface area (TPSA) is 55.6 Å². The Labute approximate surface area is 129 Å². The molecule has 0 radical (unpaired) electrons. The molecular formula is C17H32N2O2. The molecule has 0 spiro atoms. The van der Waals surface area contributed by atoms with Crippen LogP contribution >= 0.6 is 0 Å². The van der Waals surface area contributed by atoms with Gasteiger partial charge in [0.25, 0.3) is 0 Å². The van der Waals surface area contributed by atoms with Crippen LogP contribution in [0.5, 0.6) is 0 Å². The minimum Gasteiger partial charge on any atom is -0.466 e. The largest absolute Gasteiger partial charge is 0.466 e. The van der Waals surface area contributed by atoms with E-state index in [2.05, 4.69) is 39.8 Å². The summed E-state index contributed by atoms with van der Waals surface area (Å²) in [5.41, 5.74) is 6.19. The maximum absolute atomic E-state index is 12.6. The van der Waals surface area contributed by atoms with E-state index in [4.69, 9.17) is 10.5 Å². The number of carbonyl (C=O) groups is 1. The van der Waals surface area contributed by atoms with Crippen molar-refractivity contribution in [3.63, 3.8) is 0 Å². The molecule has 0 heterocycles. The predicted molar refractivity (Wildman–Crippen MR) is 84.8 cm³/mol. The normalized spacial score (nSPS) is 38.8. The third kappa shape index (κ3) is 1.91. The van der Waals surface area contributed by atoms with Gasteiger partial charge in [-0.1, -0.05) is 20.8 Å². The fourth-order valence-electron chi connectivity index (χ4n) is 5.57. The highest BCUT2D eigenvalue weighted by atomic mass is 16.5. The minimum atomic E-state index is -0.248. The van der Waals surface area contributed by atoms with E-state index in [-0.39, 0.29) is 28.3 Å². The Kier molecular flexibility index (Phi) is 4.18. The Balaban J connectivity index is 2.51. The lowest BCUT2D eigenvalue weighted by Gasteiger charge is -2.55. The molecule has 2 aliphatic rings. The Morgan fingerprint density at radius 3 is 2.33 bits per heavy atom. The zero-order chi connectivity index (χ0) is 16.1. The summed E-state index contributed by atoms with van der Waals surface area (Å²) in [6.07, 6.45) is 3.47. The first-order valence-corrected chi connectivity index (χ1v) is 8.23. The highest BCUT2D eigenvalue weighted by molar-refractivity contribution is 5.75. The summed E-state index contributed by atoms with van der Waals surface area (Å²) in [4.78, 5) is 14.8. The van der Waals surface area contributed by atoms with E-state index in [0.717, 1.165) is 6.42 Å². The zero-order valence-corrected chi connectivity index (χ0v) is 14.5. The van der Waals surface area contributed by atoms with Gasteiger partial charge in [0, 0.05) is 12.1 Å². The van der Waals surface area contributed by atoms with Crippen molar-refractivity contribution in [1.82, 2.24) is 4.90 Å². The Bertz CT molecular complexity index is 421. The van der Waals surface area contributed by atoms with Crippen LogP contribution in [0.25, 0.3) is 0 Å². The molecule has 0 unspecified atom stereocenters. The third-order valence-corrected chi connectivity index (χ3v) is 7.13. The van der Waals surface area contributed by atoms with E-state index < -0.39 is 0 Å². The summed E-state index contributed by atoms with van der Waals surface area (Å²) >= 11 is 0. The van der Waals surface area contributed by atoms with Crippen LogP contribution in [0.2, 0.25) is 0 Å². The van der Waals surface area contributed by atoms with Crippen LogP contribution in [0.15, 0.2) is 0 Å². The summed E-state index contributed by atoms with van der Waals surface area (Å²) in [5.74, 6) is 0.286. The van der Waals surface area contributed by atoms with E-state index in [1.165, 1.54) is 12.8 Å². The number of nitrogens with zero attached hydrogens (tertiary/aromatic N) is 1. The van der Waals surface area contributed by atoms with Crippen molar-refractivity contribution in [2.75, 3.05) is 27.2 Å². The molecule has 0 saturated heterocycles. The van der Waals surface area contributed by atoms with Crippen LogP contribution in [0, 0.1) is 22.7 Å². The number of nitrogens with two attached hydrogens (primary N) is 1. The van der Waals surface area contributed by atoms with Crippen molar-refractivity contribution >= 4 is 5.97 Å². The second kappa shape index (κ2) is 5.24. The van der Waals surface area contributed by atoms with Crippen molar-refractivity contribution in [3.8, 4) is 0 Å². The molecule has 4 nitrogen and oxygen atoms in total. The molecule has 4 heteroatoms. The first-order chi connectivity index (χ1) is 9.69. The number of ether oxygens (including phenoxy) is 1. The van der Waals surface area contributed by atoms with Crippen molar-refractivity contribution in [1.29, 1.82) is 0 Å². The van der Waals surface area contributed by atoms with Crippen molar-refractivity contribution < 1.29 is 9.53 Å². The lowest BCUT2D eigenvalue weighted by Crippen LogP contribution is -2.64. The Hall–Kier alpha value is -0.610. The second-order valence-corrected chi connectivity index (χ2v) is 7.85. The maximum atomic E-state index is 12.6. The molecule has 2 bridgehead atoms. The molecule has 2 saturated carbocycles. The van der Waals surface area contributed by atoms with Gasteiger partial charge in [0.05, 0.1) is 12.5 Å². The maximum Gasteiger partial charge on any atom is 0.312 e. The smallest absolute Gasteiger partial charge is 0.312 e. The van der Waals surface area contributed by atoms with Crippen molar-refractivity contribution in [2.45, 2.75) is 52.5 Å². The molecule has 2 aliphatic carbocycles. The highest BCUT2D eigenvalue weighted by Crippen LogP contribution is 2.72. The molecule has 2 rings (SSSR count). The van der Waals surface area contributed by atoms with Gasteiger partial charge in [-0.3, -0.25) is 4.79 Å². The standard InChI is InChI=1S/C17H32N2O2/c1-7-21-14(20)13(11-18)17(19(5)6)10-12-8-9-16(17,4)15(12,2)3/h12-13H,7-11,18H2,1-6H3/t12-,13+,16+,17+/m0/s1. The van der Waals surface area contributed by atoms with Crippen molar-refractivity contribution in [3.05, 3.63) is 0 Å². The molecule has 21 heavy (non-hydrogen) atoms. The van der Waals surface area contributed by atoms with E-state index in [0.29, 0.717) is 19.1 Å². The van der Waals surface area contributed by atoms with Crippen LogP contribution in [0.3, 0.4) is 0 Å². The quantitative estimate of drug-likeness (QED) is 0.791. The number of carbonyl (C=O) groups excluding carboxylic acids is 1. The van der Waals surface area contributed by atoms with E-state index in [1.54, 1.807) is 0 Å². The fraction of sp³-hybridized carbons (Fsp3) is 0.941. The van der Waals surface area contributed by atoms with Gasteiger partial charge in [0.2, 0.25) is 0 Å². The molecule has 2 fully saturated rings. The summed E-state index contributed by atoms with van der Waals surface area (Å²) < 4.78 is 5.36. The van der Waals surface area contributed by atoms with Gasteiger partial charge < -0.3 is 15.4 Å². The van der Waals surface area contributed by atoms with E-state index >= 15 is 0 Å². The van der Waals surface area contributed by atoms with Gasteiger partial charge in [0.1, 0.15) is 0 Å². The van der Waals surface area contributed by atoms with Crippen LogP contribution in [-0.2, 0) is 9.53 Å². The van der Waals surface area contributed by atoms with Crippen LogP contribution in [0.1, 0.15) is 47.0 Å². The lowest BCUT2D eigenvalue weighted by molar-refractivity contribution is -0.160. The Morgan fingerprint density at radius 2 is 2.00 bits per heavy atom. The average Bonchev–Trinajstić information content (AvgIpc) is 2.71. The van der Waals surface area contributed by atoms with Crippen LogP contribution in [0.4, 0.5) is 0 Å². The number of hydrogen-bond acceptors (Lipinski definition) is 4. The van der Waals surface area contributed by atoms with Crippen molar-refractivity contribution in [2.24, 2.45) is 28.4 Å². The minimum absolute atomic E-state index is 0.0883. The molecule has 0 aromatic rings. The number of esters is 1. The summed E-state index contributed by atoms with van der Waals surface area (Å²) in [5, 5.41) is 0. The van der Waals surface area contributed by atoms with Crippen LogP contribution in [-0.4, -0.2) is 43.7 Å². The third-order valence-electron chi connectivity index (χ3n) is 7.13. The first-order valence-electron chi connectivity index (χ1n) is 8.23. The monoisotopic (exact) mass is 296 g/mol. The molecule has 0 aromatic carbocycles. The predicted octanol–water partition coefficient (Wildman–Crippen LogP) is 2.27. The zero-order valence-electron chi connectivity index (χ0n) is 14.5. The molecule has 4 atom stereocenters. The van der Waals surface area contributed by atoms with Gasteiger partial charge in [-0.2, -0.15) is 0 Å². The van der Waals surface area contributed by atoms with Gasteiger partial charge >= 0.3 is 5.97 Å². The van der Waals surface area contributed by atoms with Gasteiger partial charge in [-0.05, 0) is 57.0 Å². The van der Waals surface area contributed by atoms with Crippen LogP contribution < -0.4 is 5.73 Å². The molecule has 0 amide bonds. The molecule has 122 valence electrons. The van der Waals surface area contributed by atoms with E-state index in [1.807, 2.05) is 6.92 Å². The van der Waals surface area contributed by atoms with Gasteiger partial charge in [-0.25, -0.2) is 0 Å².